The van der Waals surface area contributed by atoms with Crippen LogP contribution in [0.25, 0.3) is 0 Å². The van der Waals surface area contributed by atoms with E-state index in [-0.39, 0.29) is 0 Å². The first-order valence-electron chi connectivity index (χ1n) is 6.68. The SMILES string of the molecule is CCC(C)NCCC(=O)N1CCCCC1C. The zero-order valence-electron chi connectivity index (χ0n) is 11.0. The van der Waals surface area contributed by atoms with E-state index in [2.05, 4.69) is 31.0 Å². The van der Waals surface area contributed by atoms with Crippen LogP contribution in [-0.4, -0.2) is 36.0 Å². The first kappa shape index (κ1) is 13.5. The molecule has 94 valence electrons. The molecular weight excluding hydrogens is 200 g/mol. The molecular formula is C13H26N2O. The second-order valence-corrected chi connectivity index (χ2v) is 4.95. The van der Waals surface area contributed by atoms with E-state index in [0.717, 1.165) is 19.5 Å². The van der Waals surface area contributed by atoms with E-state index < -0.39 is 0 Å². The molecule has 1 saturated heterocycles. The summed E-state index contributed by atoms with van der Waals surface area (Å²) in [6.45, 7) is 8.26. The first-order chi connectivity index (χ1) is 7.65. The van der Waals surface area contributed by atoms with E-state index in [0.29, 0.717) is 24.4 Å². The van der Waals surface area contributed by atoms with Crippen LogP contribution in [-0.2, 0) is 4.79 Å². The molecule has 0 aromatic heterocycles. The second-order valence-electron chi connectivity index (χ2n) is 4.95. The average Bonchev–Trinajstić information content (AvgIpc) is 2.29. The van der Waals surface area contributed by atoms with Crippen LogP contribution in [0, 0.1) is 0 Å². The van der Waals surface area contributed by atoms with Crippen molar-refractivity contribution < 1.29 is 4.79 Å². The van der Waals surface area contributed by atoms with Gasteiger partial charge in [-0.25, -0.2) is 0 Å². The van der Waals surface area contributed by atoms with Gasteiger partial charge in [0.25, 0.3) is 0 Å². The molecule has 1 heterocycles. The van der Waals surface area contributed by atoms with Gasteiger partial charge in [0.2, 0.25) is 5.91 Å². The minimum Gasteiger partial charge on any atom is -0.340 e. The Balaban J connectivity index is 2.23. The number of nitrogens with one attached hydrogen (secondary N) is 1. The predicted octanol–water partition coefficient (Wildman–Crippen LogP) is 2.17. The number of rotatable bonds is 5. The number of carbonyl (C=O) groups excluding carboxylic acids is 1. The quantitative estimate of drug-likeness (QED) is 0.779. The Kier molecular flexibility index (Phi) is 5.81. The molecule has 0 aromatic carbocycles. The standard InChI is InChI=1S/C13H26N2O/c1-4-11(2)14-9-8-13(16)15-10-6-5-7-12(15)3/h11-12,14H,4-10H2,1-3H3. The van der Waals surface area contributed by atoms with Gasteiger partial charge < -0.3 is 10.2 Å². The summed E-state index contributed by atoms with van der Waals surface area (Å²) in [4.78, 5) is 14.0. The zero-order chi connectivity index (χ0) is 12.0. The Morgan fingerprint density at radius 2 is 2.25 bits per heavy atom. The first-order valence-corrected chi connectivity index (χ1v) is 6.68. The maximum absolute atomic E-state index is 12.0. The van der Waals surface area contributed by atoms with Crippen LogP contribution in [0.5, 0.6) is 0 Å². The number of nitrogens with zero attached hydrogens (tertiary/aromatic N) is 1. The van der Waals surface area contributed by atoms with Gasteiger partial charge in [0.1, 0.15) is 0 Å². The van der Waals surface area contributed by atoms with Crippen LogP contribution in [0.2, 0.25) is 0 Å². The Bertz CT molecular complexity index is 218. The fourth-order valence-corrected chi connectivity index (χ4v) is 2.18. The van der Waals surface area contributed by atoms with E-state index in [1.165, 1.54) is 19.3 Å². The van der Waals surface area contributed by atoms with Gasteiger partial charge in [0.05, 0.1) is 0 Å². The fraction of sp³-hybridized carbons (Fsp3) is 0.923. The van der Waals surface area contributed by atoms with E-state index in [4.69, 9.17) is 0 Å². The number of hydrogen-bond donors (Lipinski definition) is 1. The highest BCUT2D eigenvalue weighted by Crippen LogP contribution is 2.16. The van der Waals surface area contributed by atoms with Gasteiger partial charge in [0.15, 0.2) is 0 Å². The fourth-order valence-electron chi connectivity index (χ4n) is 2.18. The summed E-state index contributed by atoms with van der Waals surface area (Å²) in [7, 11) is 0. The highest BCUT2D eigenvalue weighted by atomic mass is 16.2. The number of carbonyl (C=O) groups is 1. The summed E-state index contributed by atoms with van der Waals surface area (Å²) in [5.74, 6) is 0.322. The molecule has 0 saturated carbocycles. The molecule has 2 atom stereocenters. The molecule has 1 amide bonds. The molecule has 1 aliphatic rings. The smallest absolute Gasteiger partial charge is 0.224 e. The van der Waals surface area contributed by atoms with Gasteiger partial charge in [-0.1, -0.05) is 6.92 Å². The van der Waals surface area contributed by atoms with Gasteiger partial charge in [-0.15, -0.1) is 0 Å². The van der Waals surface area contributed by atoms with Crippen molar-refractivity contribution in [2.75, 3.05) is 13.1 Å². The number of likely N-dealkylation sites (tertiary alicyclic amines) is 1. The highest BCUT2D eigenvalue weighted by molar-refractivity contribution is 5.76. The Hall–Kier alpha value is -0.570. The molecule has 3 heteroatoms. The molecule has 2 unspecified atom stereocenters. The van der Waals surface area contributed by atoms with E-state index >= 15 is 0 Å². The van der Waals surface area contributed by atoms with Crippen LogP contribution < -0.4 is 5.32 Å². The van der Waals surface area contributed by atoms with Gasteiger partial charge in [-0.2, -0.15) is 0 Å². The van der Waals surface area contributed by atoms with Crippen molar-refractivity contribution in [3.8, 4) is 0 Å². The van der Waals surface area contributed by atoms with Crippen molar-refractivity contribution >= 4 is 5.91 Å². The summed E-state index contributed by atoms with van der Waals surface area (Å²) in [6, 6.07) is 0.969. The van der Waals surface area contributed by atoms with E-state index in [9.17, 15) is 4.79 Å². The third-order valence-electron chi connectivity index (χ3n) is 3.57. The van der Waals surface area contributed by atoms with Crippen LogP contribution >= 0.6 is 0 Å². The van der Waals surface area contributed by atoms with Crippen molar-refractivity contribution in [1.29, 1.82) is 0 Å². The monoisotopic (exact) mass is 226 g/mol. The summed E-state index contributed by atoms with van der Waals surface area (Å²) in [5, 5.41) is 3.37. The minimum absolute atomic E-state index is 0.322. The molecule has 1 N–H and O–H groups in total. The Morgan fingerprint density at radius 3 is 2.88 bits per heavy atom. The Labute approximate surface area is 99.6 Å². The minimum atomic E-state index is 0.322. The third-order valence-corrected chi connectivity index (χ3v) is 3.57. The van der Waals surface area contributed by atoms with Gasteiger partial charge in [0, 0.05) is 31.6 Å². The van der Waals surface area contributed by atoms with E-state index in [1.807, 2.05) is 0 Å². The molecule has 0 radical (unpaired) electrons. The van der Waals surface area contributed by atoms with Gasteiger partial charge >= 0.3 is 0 Å². The number of amides is 1. The molecule has 16 heavy (non-hydrogen) atoms. The molecule has 1 aliphatic heterocycles. The lowest BCUT2D eigenvalue weighted by atomic mass is 10.0. The van der Waals surface area contributed by atoms with Crippen molar-refractivity contribution in [2.45, 2.75) is 65.0 Å². The summed E-state index contributed by atoms with van der Waals surface area (Å²) in [6.07, 6.45) is 5.39. The molecule has 0 aromatic rings. The number of hydrogen-bond acceptors (Lipinski definition) is 2. The van der Waals surface area contributed by atoms with Crippen LogP contribution in [0.1, 0.15) is 52.9 Å². The summed E-state index contributed by atoms with van der Waals surface area (Å²) < 4.78 is 0. The van der Waals surface area contributed by atoms with Gasteiger partial charge in [-0.05, 0) is 39.5 Å². The van der Waals surface area contributed by atoms with Gasteiger partial charge in [-0.3, -0.25) is 4.79 Å². The molecule has 1 fully saturated rings. The largest absolute Gasteiger partial charge is 0.340 e. The maximum Gasteiger partial charge on any atom is 0.224 e. The topological polar surface area (TPSA) is 32.3 Å². The maximum atomic E-state index is 12.0. The summed E-state index contributed by atoms with van der Waals surface area (Å²) in [5.41, 5.74) is 0. The zero-order valence-corrected chi connectivity index (χ0v) is 11.0. The Morgan fingerprint density at radius 1 is 1.50 bits per heavy atom. The van der Waals surface area contributed by atoms with Crippen LogP contribution in [0.3, 0.4) is 0 Å². The average molecular weight is 226 g/mol. The predicted molar refractivity (Wildman–Crippen MR) is 67.4 cm³/mol. The molecule has 3 nitrogen and oxygen atoms in total. The molecule has 0 aliphatic carbocycles. The third kappa shape index (κ3) is 4.12. The van der Waals surface area contributed by atoms with Crippen molar-refractivity contribution in [1.82, 2.24) is 10.2 Å². The van der Waals surface area contributed by atoms with Crippen molar-refractivity contribution in [2.24, 2.45) is 0 Å². The number of piperidine rings is 1. The lowest BCUT2D eigenvalue weighted by Gasteiger charge is -2.33. The normalized spacial score (nSPS) is 23.2. The lowest BCUT2D eigenvalue weighted by Crippen LogP contribution is -2.43. The highest BCUT2D eigenvalue weighted by Gasteiger charge is 2.22. The van der Waals surface area contributed by atoms with Crippen molar-refractivity contribution in [3.63, 3.8) is 0 Å². The molecule has 1 rings (SSSR count). The van der Waals surface area contributed by atoms with Crippen molar-refractivity contribution in [3.05, 3.63) is 0 Å². The summed E-state index contributed by atoms with van der Waals surface area (Å²) >= 11 is 0. The second kappa shape index (κ2) is 6.89. The molecule has 0 bridgehead atoms. The lowest BCUT2D eigenvalue weighted by molar-refractivity contribution is -0.134. The van der Waals surface area contributed by atoms with E-state index in [1.54, 1.807) is 0 Å². The van der Waals surface area contributed by atoms with Crippen LogP contribution in [0.4, 0.5) is 0 Å². The molecule has 0 spiro atoms. The van der Waals surface area contributed by atoms with Crippen LogP contribution in [0.15, 0.2) is 0 Å².